The smallest absolute Gasteiger partial charge is 0.242 e. The second-order valence-electron chi connectivity index (χ2n) is 8.07. The third-order valence-corrected chi connectivity index (χ3v) is 5.61. The summed E-state index contributed by atoms with van der Waals surface area (Å²) in [6.07, 6.45) is 5.05. The van der Waals surface area contributed by atoms with Crippen molar-refractivity contribution in [1.29, 1.82) is 0 Å². The predicted molar refractivity (Wildman–Crippen MR) is 130 cm³/mol. The first-order chi connectivity index (χ1) is 15.4. The summed E-state index contributed by atoms with van der Waals surface area (Å²) in [5, 5.41) is 3.90. The number of anilines is 1. The summed E-state index contributed by atoms with van der Waals surface area (Å²) in [6.45, 7) is 11.3. The first kappa shape index (κ1) is 25.4. The standard InChI is InChI=1S/C25H38N4O3/c1-5-15-28(16-6-2)24(31)11-9-10-23(30)26-21-12-13-22-20(18-21)14-17-29(22)19-25(32)27(7-3)8-4/h12-14,17-18H,5-11,15-16,19H2,1-4H3,(H,26,30). The lowest BCUT2D eigenvalue weighted by atomic mass is 10.2. The zero-order valence-electron chi connectivity index (χ0n) is 20.0. The molecular weight excluding hydrogens is 404 g/mol. The summed E-state index contributed by atoms with van der Waals surface area (Å²) in [4.78, 5) is 40.8. The minimum absolute atomic E-state index is 0.0918. The highest BCUT2D eigenvalue weighted by molar-refractivity contribution is 5.94. The molecule has 0 spiro atoms. The van der Waals surface area contributed by atoms with Gasteiger partial charge in [0, 0.05) is 61.8 Å². The third-order valence-electron chi connectivity index (χ3n) is 5.61. The number of rotatable bonds is 13. The Hall–Kier alpha value is -2.83. The maximum Gasteiger partial charge on any atom is 0.242 e. The summed E-state index contributed by atoms with van der Waals surface area (Å²) in [6, 6.07) is 7.65. The average Bonchev–Trinajstić information content (AvgIpc) is 3.16. The van der Waals surface area contributed by atoms with E-state index in [1.165, 1.54) is 0 Å². The molecule has 1 heterocycles. The van der Waals surface area contributed by atoms with E-state index >= 15 is 0 Å². The van der Waals surface area contributed by atoms with Gasteiger partial charge >= 0.3 is 0 Å². The van der Waals surface area contributed by atoms with Gasteiger partial charge < -0.3 is 19.7 Å². The van der Waals surface area contributed by atoms with E-state index in [9.17, 15) is 14.4 Å². The van der Waals surface area contributed by atoms with Gasteiger partial charge in [0.15, 0.2) is 0 Å². The van der Waals surface area contributed by atoms with Crippen LogP contribution in [0.1, 0.15) is 59.8 Å². The molecule has 0 saturated heterocycles. The number of carbonyl (C=O) groups is 3. The Bertz CT molecular complexity index is 896. The van der Waals surface area contributed by atoms with E-state index in [1.54, 1.807) is 0 Å². The van der Waals surface area contributed by atoms with Crippen LogP contribution in [0, 0.1) is 0 Å². The molecule has 0 atom stereocenters. The highest BCUT2D eigenvalue weighted by atomic mass is 16.2. The fraction of sp³-hybridized carbons (Fsp3) is 0.560. The van der Waals surface area contributed by atoms with E-state index in [2.05, 4.69) is 19.2 Å². The van der Waals surface area contributed by atoms with Crippen molar-refractivity contribution in [3.63, 3.8) is 0 Å². The van der Waals surface area contributed by atoms with Crippen LogP contribution in [0.3, 0.4) is 0 Å². The van der Waals surface area contributed by atoms with E-state index in [1.807, 2.05) is 58.7 Å². The monoisotopic (exact) mass is 442 g/mol. The number of nitrogens with one attached hydrogen (secondary N) is 1. The van der Waals surface area contributed by atoms with Crippen LogP contribution in [-0.4, -0.2) is 58.3 Å². The predicted octanol–water partition coefficient (Wildman–Crippen LogP) is 4.27. The molecule has 2 rings (SSSR count). The van der Waals surface area contributed by atoms with Gasteiger partial charge in [0.05, 0.1) is 0 Å². The summed E-state index contributed by atoms with van der Waals surface area (Å²) < 4.78 is 1.94. The number of nitrogens with zero attached hydrogens (tertiary/aromatic N) is 3. The third kappa shape index (κ3) is 7.11. The van der Waals surface area contributed by atoms with Crippen LogP contribution >= 0.6 is 0 Å². The summed E-state index contributed by atoms with van der Waals surface area (Å²) in [5.41, 5.74) is 1.68. The number of fused-ring (bicyclic) bond motifs is 1. The summed E-state index contributed by atoms with van der Waals surface area (Å²) in [5.74, 6) is 0.130. The van der Waals surface area contributed by atoms with Gasteiger partial charge in [-0.1, -0.05) is 13.8 Å². The molecule has 0 unspecified atom stereocenters. The molecule has 0 aliphatic heterocycles. The van der Waals surface area contributed by atoms with Crippen LogP contribution in [0.2, 0.25) is 0 Å². The lowest BCUT2D eigenvalue weighted by Gasteiger charge is -2.21. The number of amides is 3. The maximum absolute atomic E-state index is 12.4. The number of hydrogen-bond donors (Lipinski definition) is 1. The highest BCUT2D eigenvalue weighted by Crippen LogP contribution is 2.21. The topological polar surface area (TPSA) is 74.6 Å². The molecule has 2 aromatic rings. The van der Waals surface area contributed by atoms with Crippen molar-refractivity contribution in [3.8, 4) is 0 Å². The molecule has 7 heteroatoms. The molecule has 0 aliphatic rings. The van der Waals surface area contributed by atoms with Crippen LogP contribution in [0.25, 0.3) is 10.9 Å². The minimum atomic E-state index is -0.0918. The largest absolute Gasteiger partial charge is 0.343 e. The lowest BCUT2D eigenvalue weighted by Crippen LogP contribution is -2.33. The van der Waals surface area contributed by atoms with Gasteiger partial charge in [0.25, 0.3) is 0 Å². The van der Waals surface area contributed by atoms with Crippen molar-refractivity contribution < 1.29 is 14.4 Å². The van der Waals surface area contributed by atoms with Gasteiger partial charge in [-0.25, -0.2) is 0 Å². The van der Waals surface area contributed by atoms with Crippen LogP contribution in [0.5, 0.6) is 0 Å². The van der Waals surface area contributed by atoms with Crippen molar-refractivity contribution in [2.75, 3.05) is 31.5 Å². The fourth-order valence-corrected chi connectivity index (χ4v) is 3.92. The average molecular weight is 443 g/mol. The van der Waals surface area contributed by atoms with Crippen molar-refractivity contribution in [3.05, 3.63) is 30.5 Å². The molecule has 0 saturated carbocycles. The Morgan fingerprint density at radius 3 is 2.19 bits per heavy atom. The van der Waals surface area contributed by atoms with Gasteiger partial charge in [-0.05, 0) is 57.4 Å². The van der Waals surface area contributed by atoms with Crippen molar-refractivity contribution in [2.24, 2.45) is 0 Å². The Labute approximate surface area is 191 Å². The Balaban J connectivity index is 1.89. The highest BCUT2D eigenvalue weighted by Gasteiger charge is 2.14. The van der Waals surface area contributed by atoms with Gasteiger partial charge in [-0.15, -0.1) is 0 Å². The quantitative estimate of drug-likeness (QED) is 0.503. The number of carbonyl (C=O) groups excluding carboxylic acids is 3. The van der Waals surface area contributed by atoms with Gasteiger partial charge in [0.1, 0.15) is 6.54 Å². The second-order valence-corrected chi connectivity index (χ2v) is 8.07. The van der Waals surface area contributed by atoms with Crippen LogP contribution in [0.15, 0.2) is 30.5 Å². The summed E-state index contributed by atoms with van der Waals surface area (Å²) >= 11 is 0. The molecule has 7 nitrogen and oxygen atoms in total. The molecule has 1 aromatic heterocycles. The van der Waals surface area contributed by atoms with Gasteiger partial charge in [-0.2, -0.15) is 0 Å². The van der Waals surface area contributed by atoms with Crippen LogP contribution in [-0.2, 0) is 20.9 Å². The Morgan fingerprint density at radius 1 is 0.875 bits per heavy atom. The fourth-order valence-electron chi connectivity index (χ4n) is 3.92. The SMILES string of the molecule is CCCN(CCC)C(=O)CCCC(=O)Nc1ccc2c(ccn2CC(=O)N(CC)CC)c1. The zero-order valence-corrected chi connectivity index (χ0v) is 20.0. The van der Waals surface area contributed by atoms with Gasteiger partial charge in [0.2, 0.25) is 17.7 Å². The molecule has 0 fully saturated rings. The van der Waals surface area contributed by atoms with E-state index in [0.717, 1.165) is 42.5 Å². The van der Waals surface area contributed by atoms with Crippen molar-refractivity contribution in [2.45, 2.75) is 66.3 Å². The molecule has 1 aromatic carbocycles. The first-order valence-corrected chi connectivity index (χ1v) is 11.9. The first-order valence-electron chi connectivity index (χ1n) is 11.9. The number of benzene rings is 1. The molecule has 3 amide bonds. The van der Waals surface area contributed by atoms with Crippen molar-refractivity contribution in [1.82, 2.24) is 14.4 Å². The zero-order chi connectivity index (χ0) is 23.5. The normalized spacial score (nSPS) is 10.9. The van der Waals surface area contributed by atoms with E-state index < -0.39 is 0 Å². The summed E-state index contributed by atoms with van der Waals surface area (Å²) in [7, 11) is 0. The van der Waals surface area contributed by atoms with E-state index in [0.29, 0.717) is 38.9 Å². The molecule has 0 aliphatic carbocycles. The van der Waals surface area contributed by atoms with Gasteiger partial charge in [-0.3, -0.25) is 14.4 Å². The maximum atomic E-state index is 12.4. The Kier molecular flexibility index (Phi) is 10.2. The number of aromatic nitrogens is 1. The molecular formula is C25H38N4O3. The lowest BCUT2D eigenvalue weighted by molar-refractivity contribution is -0.132. The molecule has 0 bridgehead atoms. The molecule has 0 radical (unpaired) electrons. The van der Waals surface area contributed by atoms with E-state index in [4.69, 9.17) is 0 Å². The molecule has 176 valence electrons. The molecule has 32 heavy (non-hydrogen) atoms. The number of hydrogen-bond acceptors (Lipinski definition) is 3. The number of likely N-dealkylation sites (N-methyl/N-ethyl adjacent to an activating group) is 1. The van der Waals surface area contributed by atoms with Crippen LogP contribution < -0.4 is 5.32 Å². The van der Waals surface area contributed by atoms with Crippen LogP contribution in [0.4, 0.5) is 5.69 Å². The Morgan fingerprint density at radius 2 is 1.56 bits per heavy atom. The van der Waals surface area contributed by atoms with E-state index in [-0.39, 0.29) is 17.7 Å². The molecule has 1 N–H and O–H groups in total. The minimum Gasteiger partial charge on any atom is -0.343 e. The second kappa shape index (κ2) is 12.9. The van der Waals surface area contributed by atoms with Crippen molar-refractivity contribution >= 4 is 34.3 Å².